The molecule has 9 heavy (non-hydrogen) atoms. The lowest BCUT2D eigenvalue weighted by Crippen LogP contribution is -2.40. The highest BCUT2D eigenvalue weighted by atomic mass is 32.2. The molecule has 1 atom stereocenters. The van der Waals surface area contributed by atoms with Gasteiger partial charge in [-0.1, -0.05) is 11.8 Å². The third-order valence-electron chi connectivity index (χ3n) is 0.968. The first kappa shape index (κ1) is 6.44. The fourth-order valence-electron chi connectivity index (χ4n) is 0.530. The highest BCUT2D eigenvalue weighted by molar-refractivity contribution is 8.02. The molecule has 4 nitrogen and oxygen atoms in total. The third kappa shape index (κ3) is 1.17. The monoisotopic (exact) mass is 145 g/mol. The number of rotatable bonds is 0. The quantitative estimate of drug-likeness (QED) is 0.497. The van der Waals surface area contributed by atoms with E-state index in [1.807, 2.05) is 0 Å². The smallest absolute Gasteiger partial charge is 0.320 e. The van der Waals surface area contributed by atoms with Gasteiger partial charge in [0.2, 0.25) is 0 Å². The van der Waals surface area contributed by atoms with Gasteiger partial charge >= 0.3 is 6.03 Å². The molecule has 1 aliphatic heterocycles. The number of primary amides is 1. The first-order chi connectivity index (χ1) is 4.22. The van der Waals surface area contributed by atoms with Crippen LogP contribution >= 0.6 is 11.8 Å². The van der Waals surface area contributed by atoms with Crippen LogP contribution in [-0.2, 0) is 0 Å². The van der Waals surface area contributed by atoms with E-state index in [-0.39, 0.29) is 5.50 Å². The van der Waals surface area contributed by atoms with Crippen molar-refractivity contribution < 1.29 is 4.79 Å². The minimum absolute atomic E-state index is 0.331. The normalized spacial score (nSPS) is 25.0. The fourth-order valence-corrected chi connectivity index (χ4v) is 1.20. The Balaban J connectivity index is 2.59. The highest BCUT2D eigenvalue weighted by Gasteiger charge is 2.18. The van der Waals surface area contributed by atoms with Gasteiger partial charge in [-0.2, -0.15) is 0 Å². The van der Waals surface area contributed by atoms with Crippen molar-refractivity contribution in [2.45, 2.75) is 5.50 Å². The number of nitrogens with zero attached hydrogens (tertiary/aromatic N) is 1. The van der Waals surface area contributed by atoms with Gasteiger partial charge in [0, 0.05) is 6.20 Å². The van der Waals surface area contributed by atoms with E-state index >= 15 is 0 Å². The van der Waals surface area contributed by atoms with Crippen LogP contribution in [0.15, 0.2) is 11.6 Å². The van der Waals surface area contributed by atoms with Crippen molar-refractivity contribution in [2.75, 3.05) is 0 Å². The molecule has 4 N–H and O–H groups in total. The number of hydrogen-bond acceptors (Lipinski definition) is 3. The van der Waals surface area contributed by atoms with Crippen molar-refractivity contribution >= 4 is 17.8 Å². The van der Waals surface area contributed by atoms with Gasteiger partial charge in [0.05, 0.1) is 0 Å². The maximum absolute atomic E-state index is 10.4. The first-order valence-corrected chi connectivity index (χ1v) is 3.31. The number of nitrogens with two attached hydrogens (primary N) is 2. The van der Waals surface area contributed by atoms with Gasteiger partial charge in [-0.25, -0.2) is 4.79 Å². The summed E-state index contributed by atoms with van der Waals surface area (Å²) in [6, 6.07) is -0.510. The average Bonchev–Trinajstić information content (AvgIpc) is 2.13. The molecule has 0 aliphatic carbocycles. The molecule has 0 bridgehead atoms. The Hall–Kier alpha value is -0.680. The summed E-state index contributed by atoms with van der Waals surface area (Å²) in [6.45, 7) is 0. The number of urea groups is 1. The molecule has 0 spiro atoms. The molecule has 0 saturated heterocycles. The van der Waals surface area contributed by atoms with Crippen molar-refractivity contribution in [1.82, 2.24) is 4.90 Å². The van der Waals surface area contributed by atoms with Crippen molar-refractivity contribution in [1.29, 1.82) is 0 Å². The Labute approximate surface area is 56.9 Å². The molecule has 0 aromatic carbocycles. The maximum Gasteiger partial charge on any atom is 0.320 e. The van der Waals surface area contributed by atoms with E-state index in [9.17, 15) is 4.79 Å². The molecular formula is C4H7N3OS. The number of carbonyl (C=O) groups excluding carboxylic acids is 1. The molecular weight excluding hydrogens is 138 g/mol. The minimum atomic E-state index is -0.510. The molecule has 1 aliphatic rings. The Kier molecular flexibility index (Phi) is 1.63. The molecule has 2 amide bonds. The molecule has 0 radical (unpaired) electrons. The van der Waals surface area contributed by atoms with Crippen LogP contribution in [0.25, 0.3) is 0 Å². The van der Waals surface area contributed by atoms with Gasteiger partial charge in [0.1, 0.15) is 5.50 Å². The zero-order chi connectivity index (χ0) is 6.85. The molecule has 5 heteroatoms. The van der Waals surface area contributed by atoms with Gasteiger partial charge in [-0.05, 0) is 5.41 Å². The molecule has 1 unspecified atom stereocenters. The van der Waals surface area contributed by atoms with Crippen LogP contribution in [0.2, 0.25) is 0 Å². The van der Waals surface area contributed by atoms with Crippen LogP contribution in [0, 0.1) is 0 Å². The van der Waals surface area contributed by atoms with Crippen molar-refractivity contribution in [3.63, 3.8) is 0 Å². The molecule has 1 rings (SSSR count). The lowest BCUT2D eigenvalue weighted by atomic mass is 10.7. The minimum Gasteiger partial charge on any atom is -0.351 e. The summed E-state index contributed by atoms with van der Waals surface area (Å²) in [5, 5.41) is 1.73. The Morgan fingerprint density at radius 3 is 2.67 bits per heavy atom. The van der Waals surface area contributed by atoms with Crippen LogP contribution < -0.4 is 11.5 Å². The summed E-state index contributed by atoms with van der Waals surface area (Å²) in [5.41, 5.74) is 10.0. The fraction of sp³-hybridized carbons (Fsp3) is 0.250. The summed E-state index contributed by atoms with van der Waals surface area (Å²) >= 11 is 1.36. The lowest BCUT2D eigenvalue weighted by Gasteiger charge is -2.14. The topological polar surface area (TPSA) is 72.4 Å². The largest absolute Gasteiger partial charge is 0.351 e. The van der Waals surface area contributed by atoms with E-state index in [0.717, 1.165) is 0 Å². The van der Waals surface area contributed by atoms with Crippen LogP contribution in [0.5, 0.6) is 0 Å². The predicted octanol–water partition coefficient (Wildman–Crippen LogP) is -0.173. The van der Waals surface area contributed by atoms with Gasteiger partial charge in [0.15, 0.2) is 0 Å². The zero-order valence-electron chi connectivity index (χ0n) is 4.65. The van der Waals surface area contributed by atoms with Crippen molar-refractivity contribution in [2.24, 2.45) is 11.5 Å². The SMILES string of the molecule is NC(=O)N1C=CSC1N. The summed E-state index contributed by atoms with van der Waals surface area (Å²) < 4.78 is 0. The number of thioether (sulfide) groups is 1. The summed E-state index contributed by atoms with van der Waals surface area (Å²) in [4.78, 5) is 11.7. The van der Waals surface area contributed by atoms with Crippen molar-refractivity contribution in [3.05, 3.63) is 11.6 Å². The molecule has 50 valence electrons. The lowest BCUT2D eigenvalue weighted by molar-refractivity contribution is 0.223. The average molecular weight is 145 g/mol. The first-order valence-electron chi connectivity index (χ1n) is 2.37. The molecule has 0 saturated carbocycles. The predicted molar refractivity (Wildman–Crippen MR) is 36.1 cm³/mol. The Morgan fingerprint density at radius 1 is 1.78 bits per heavy atom. The maximum atomic E-state index is 10.4. The summed E-state index contributed by atoms with van der Waals surface area (Å²) in [6.07, 6.45) is 1.57. The number of amides is 2. The third-order valence-corrected chi connectivity index (χ3v) is 1.75. The standard InChI is InChI=1S/C4H7N3OS/c5-3(8)7-1-2-9-4(7)6/h1-2,4H,6H2,(H2,5,8). The number of carbonyl (C=O) groups is 1. The van der Waals surface area contributed by atoms with Gasteiger partial charge in [-0.3, -0.25) is 4.90 Å². The molecule has 0 aromatic heterocycles. The van der Waals surface area contributed by atoms with Crippen LogP contribution in [-0.4, -0.2) is 16.4 Å². The van der Waals surface area contributed by atoms with E-state index in [4.69, 9.17) is 11.5 Å². The number of hydrogen-bond donors (Lipinski definition) is 2. The summed E-state index contributed by atoms with van der Waals surface area (Å²) in [7, 11) is 0. The van der Waals surface area contributed by atoms with Gasteiger partial charge in [-0.15, -0.1) is 0 Å². The van der Waals surface area contributed by atoms with E-state index in [2.05, 4.69) is 0 Å². The Morgan fingerprint density at radius 2 is 2.44 bits per heavy atom. The van der Waals surface area contributed by atoms with E-state index in [0.29, 0.717) is 0 Å². The molecule has 0 aromatic rings. The van der Waals surface area contributed by atoms with Crippen LogP contribution in [0.4, 0.5) is 4.79 Å². The van der Waals surface area contributed by atoms with Crippen LogP contribution in [0.3, 0.4) is 0 Å². The van der Waals surface area contributed by atoms with E-state index in [1.165, 1.54) is 16.7 Å². The zero-order valence-corrected chi connectivity index (χ0v) is 5.47. The second kappa shape index (κ2) is 2.28. The highest BCUT2D eigenvalue weighted by Crippen LogP contribution is 2.19. The van der Waals surface area contributed by atoms with Gasteiger partial charge < -0.3 is 11.5 Å². The second-order valence-electron chi connectivity index (χ2n) is 1.56. The molecule has 0 fully saturated rings. The van der Waals surface area contributed by atoms with E-state index < -0.39 is 6.03 Å². The second-order valence-corrected chi connectivity index (χ2v) is 2.58. The molecule has 1 heterocycles. The van der Waals surface area contributed by atoms with Gasteiger partial charge in [0.25, 0.3) is 0 Å². The summed E-state index contributed by atoms with van der Waals surface area (Å²) in [5.74, 6) is 0. The van der Waals surface area contributed by atoms with Crippen LogP contribution in [0.1, 0.15) is 0 Å². The van der Waals surface area contributed by atoms with Crippen molar-refractivity contribution in [3.8, 4) is 0 Å². The Bertz CT molecular complexity index is 158. The van der Waals surface area contributed by atoms with E-state index in [1.54, 1.807) is 11.6 Å².